The van der Waals surface area contributed by atoms with Gasteiger partial charge < -0.3 is 15.2 Å². The fraction of sp³-hybridized carbons (Fsp3) is 0.524. The lowest BCUT2D eigenvalue weighted by Crippen LogP contribution is -2.41. The van der Waals surface area contributed by atoms with Crippen LogP contribution in [0.3, 0.4) is 0 Å². The summed E-state index contributed by atoms with van der Waals surface area (Å²) in [6, 6.07) is 6.07. The van der Waals surface area contributed by atoms with Crippen LogP contribution in [0.25, 0.3) is 0 Å². The summed E-state index contributed by atoms with van der Waals surface area (Å²) in [6.07, 6.45) is 4.70. The summed E-state index contributed by atoms with van der Waals surface area (Å²) in [4.78, 5) is 13.0. The quantitative estimate of drug-likeness (QED) is 0.821. The zero-order valence-electron chi connectivity index (χ0n) is 15.9. The first-order chi connectivity index (χ1) is 13.1. The van der Waals surface area contributed by atoms with E-state index < -0.39 is 0 Å². The number of aromatic nitrogens is 2. The number of carbonyl (C=O) groups excluding carboxylic acids is 1. The van der Waals surface area contributed by atoms with Gasteiger partial charge in [-0.05, 0) is 55.4 Å². The van der Waals surface area contributed by atoms with Gasteiger partial charge in [0.1, 0.15) is 5.75 Å². The van der Waals surface area contributed by atoms with Gasteiger partial charge in [-0.1, -0.05) is 13.0 Å². The second kappa shape index (κ2) is 7.35. The first kappa shape index (κ1) is 18.0. The molecular weight excluding hydrogens is 342 g/mol. The molecule has 1 amide bonds. The molecule has 1 aliphatic heterocycles. The van der Waals surface area contributed by atoms with Gasteiger partial charge in [-0.25, -0.2) is 0 Å². The van der Waals surface area contributed by atoms with Crippen LogP contribution in [0.15, 0.2) is 24.4 Å². The molecule has 1 fully saturated rings. The number of aryl methyl sites for hydroxylation is 1. The van der Waals surface area contributed by atoms with Crippen molar-refractivity contribution in [2.45, 2.75) is 58.2 Å². The Bertz CT molecular complexity index is 839. The molecule has 2 N–H and O–H groups in total. The van der Waals surface area contributed by atoms with Crippen LogP contribution in [0, 0.1) is 12.8 Å². The van der Waals surface area contributed by atoms with Gasteiger partial charge in [0.2, 0.25) is 0 Å². The number of rotatable bonds is 6. The Morgan fingerprint density at radius 3 is 3.00 bits per heavy atom. The Morgan fingerprint density at radius 2 is 2.26 bits per heavy atom. The lowest BCUT2D eigenvalue weighted by molar-refractivity contribution is 0.0235. The van der Waals surface area contributed by atoms with Gasteiger partial charge in [-0.2, -0.15) is 5.10 Å². The minimum atomic E-state index is -0.263. The lowest BCUT2D eigenvalue weighted by Gasteiger charge is -2.38. The molecule has 1 aromatic heterocycles. The monoisotopic (exact) mass is 369 g/mol. The van der Waals surface area contributed by atoms with E-state index in [9.17, 15) is 9.90 Å². The van der Waals surface area contributed by atoms with E-state index >= 15 is 0 Å². The standard InChI is InChI=1S/C21H27N3O3/c1-3-7-24-13(2)18(12-22-24)21(26)23-20(16-10-17(25)11-16)15-4-5-19-14(9-15)6-8-27-19/h4-5,9,12,16-17,20,25H,3,6-8,10-11H2,1-2H3,(H,23,26)/t16?,17?,20-/m0/s1. The van der Waals surface area contributed by atoms with Crippen molar-refractivity contribution < 1.29 is 14.6 Å². The van der Waals surface area contributed by atoms with Crippen molar-refractivity contribution >= 4 is 5.91 Å². The van der Waals surface area contributed by atoms with Crippen LogP contribution in [0.5, 0.6) is 5.75 Å². The average Bonchev–Trinajstić information content (AvgIpc) is 3.24. The fourth-order valence-corrected chi connectivity index (χ4v) is 4.10. The van der Waals surface area contributed by atoms with Crippen molar-refractivity contribution in [2.75, 3.05) is 6.61 Å². The molecule has 0 radical (unpaired) electrons. The average molecular weight is 369 g/mol. The van der Waals surface area contributed by atoms with Crippen LogP contribution in [0.4, 0.5) is 0 Å². The second-order valence-electron chi connectivity index (χ2n) is 7.67. The van der Waals surface area contributed by atoms with Crippen LogP contribution in [0.1, 0.15) is 59.4 Å². The van der Waals surface area contributed by atoms with Crippen molar-refractivity contribution in [3.63, 3.8) is 0 Å². The third-order valence-electron chi connectivity index (χ3n) is 5.76. The third-order valence-corrected chi connectivity index (χ3v) is 5.76. The second-order valence-corrected chi connectivity index (χ2v) is 7.67. The van der Waals surface area contributed by atoms with E-state index in [1.54, 1.807) is 6.20 Å². The Balaban J connectivity index is 1.57. The number of amides is 1. The third kappa shape index (κ3) is 3.46. The molecule has 1 aromatic carbocycles. The molecule has 1 saturated carbocycles. The molecule has 0 bridgehead atoms. The summed E-state index contributed by atoms with van der Waals surface area (Å²) >= 11 is 0. The Kier molecular flexibility index (Phi) is 4.91. The highest BCUT2D eigenvalue weighted by molar-refractivity contribution is 5.95. The molecule has 4 rings (SSSR count). The minimum Gasteiger partial charge on any atom is -0.493 e. The largest absolute Gasteiger partial charge is 0.493 e. The number of hydrogen-bond donors (Lipinski definition) is 2. The molecular formula is C21H27N3O3. The molecule has 1 aliphatic carbocycles. The van der Waals surface area contributed by atoms with E-state index in [0.29, 0.717) is 25.0 Å². The van der Waals surface area contributed by atoms with E-state index in [2.05, 4.69) is 23.4 Å². The summed E-state index contributed by atoms with van der Waals surface area (Å²) in [7, 11) is 0. The summed E-state index contributed by atoms with van der Waals surface area (Å²) in [5.74, 6) is 1.09. The number of ether oxygens (including phenoxy) is 1. The van der Waals surface area contributed by atoms with Crippen molar-refractivity contribution in [1.29, 1.82) is 0 Å². The summed E-state index contributed by atoms with van der Waals surface area (Å²) in [6.45, 7) is 5.55. The van der Waals surface area contributed by atoms with Crippen LogP contribution < -0.4 is 10.1 Å². The highest BCUT2D eigenvalue weighted by Crippen LogP contribution is 2.40. The number of fused-ring (bicyclic) bond motifs is 1. The maximum Gasteiger partial charge on any atom is 0.255 e. The smallest absolute Gasteiger partial charge is 0.255 e. The van der Waals surface area contributed by atoms with E-state index in [-0.39, 0.29) is 24.0 Å². The van der Waals surface area contributed by atoms with Crippen molar-refractivity contribution in [3.8, 4) is 5.75 Å². The molecule has 144 valence electrons. The summed E-state index contributed by atoms with van der Waals surface area (Å²) < 4.78 is 7.48. The maximum atomic E-state index is 13.0. The number of carbonyl (C=O) groups is 1. The predicted octanol–water partition coefficient (Wildman–Crippen LogP) is 2.78. The number of aliphatic hydroxyl groups excluding tert-OH is 1. The van der Waals surface area contributed by atoms with Crippen molar-refractivity contribution in [1.82, 2.24) is 15.1 Å². The molecule has 6 heteroatoms. The van der Waals surface area contributed by atoms with E-state index in [1.165, 1.54) is 5.56 Å². The van der Waals surface area contributed by atoms with Gasteiger partial charge in [0, 0.05) is 18.7 Å². The SMILES string of the molecule is CCCn1ncc(C(=O)N[C@@H](c2ccc3c(c2)CCO3)C2CC(O)C2)c1C. The lowest BCUT2D eigenvalue weighted by atomic mass is 9.74. The zero-order valence-corrected chi connectivity index (χ0v) is 15.9. The minimum absolute atomic E-state index is 0.0991. The van der Waals surface area contributed by atoms with Gasteiger partial charge in [0.15, 0.2) is 0 Å². The summed E-state index contributed by atoms with van der Waals surface area (Å²) in [5, 5.41) is 17.3. The van der Waals surface area contributed by atoms with Crippen molar-refractivity contribution in [3.05, 3.63) is 46.8 Å². The van der Waals surface area contributed by atoms with Gasteiger partial charge in [0.25, 0.3) is 5.91 Å². The maximum absolute atomic E-state index is 13.0. The Hall–Kier alpha value is -2.34. The van der Waals surface area contributed by atoms with E-state index in [4.69, 9.17) is 4.74 Å². The number of hydrogen-bond acceptors (Lipinski definition) is 4. The number of nitrogens with zero attached hydrogens (tertiary/aromatic N) is 2. The van der Waals surface area contributed by atoms with Crippen LogP contribution in [-0.4, -0.2) is 33.5 Å². The number of nitrogens with one attached hydrogen (secondary N) is 1. The highest BCUT2D eigenvalue weighted by atomic mass is 16.5. The highest BCUT2D eigenvalue weighted by Gasteiger charge is 2.36. The Labute approximate surface area is 159 Å². The normalized spacial score (nSPS) is 21.9. The molecule has 0 unspecified atom stereocenters. The van der Waals surface area contributed by atoms with Crippen molar-refractivity contribution in [2.24, 2.45) is 5.92 Å². The van der Waals surface area contributed by atoms with Crippen LogP contribution in [-0.2, 0) is 13.0 Å². The van der Waals surface area contributed by atoms with Gasteiger partial charge in [-0.3, -0.25) is 9.48 Å². The predicted molar refractivity (Wildman–Crippen MR) is 102 cm³/mol. The first-order valence-corrected chi connectivity index (χ1v) is 9.83. The molecule has 2 aromatic rings. The first-order valence-electron chi connectivity index (χ1n) is 9.83. The number of aliphatic hydroxyl groups is 1. The molecule has 27 heavy (non-hydrogen) atoms. The van der Waals surface area contributed by atoms with Gasteiger partial charge in [0.05, 0.1) is 30.5 Å². The molecule has 2 heterocycles. The van der Waals surface area contributed by atoms with Crippen LogP contribution in [0.2, 0.25) is 0 Å². The molecule has 6 nitrogen and oxygen atoms in total. The summed E-state index contributed by atoms with van der Waals surface area (Å²) in [5.41, 5.74) is 3.79. The number of benzene rings is 1. The Morgan fingerprint density at radius 1 is 1.44 bits per heavy atom. The molecule has 2 aliphatic rings. The zero-order chi connectivity index (χ0) is 19.0. The van der Waals surface area contributed by atoms with E-state index in [0.717, 1.165) is 36.4 Å². The molecule has 1 atom stereocenters. The molecule has 0 saturated heterocycles. The van der Waals surface area contributed by atoms with Crippen LogP contribution >= 0.6 is 0 Å². The topological polar surface area (TPSA) is 76.4 Å². The molecule has 0 spiro atoms. The van der Waals surface area contributed by atoms with Gasteiger partial charge in [-0.15, -0.1) is 0 Å². The fourth-order valence-electron chi connectivity index (χ4n) is 4.10. The van der Waals surface area contributed by atoms with E-state index in [1.807, 2.05) is 23.7 Å². The van der Waals surface area contributed by atoms with Gasteiger partial charge >= 0.3 is 0 Å².